The summed E-state index contributed by atoms with van der Waals surface area (Å²) in [6, 6.07) is 4.83. The maximum atomic E-state index is 13.2. The molecule has 7 nitrogen and oxygen atoms in total. The van der Waals surface area contributed by atoms with E-state index in [1.165, 1.54) is 11.0 Å². The van der Waals surface area contributed by atoms with Crippen LogP contribution in [0.4, 0.5) is 0 Å². The van der Waals surface area contributed by atoms with Crippen LogP contribution in [0.3, 0.4) is 0 Å². The largest absolute Gasteiger partial charge is 0.768 e. The summed E-state index contributed by atoms with van der Waals surface area (Å²) < 4.78 is 23.1. The predicted octanol–water partition coefficient (Wildman–Crippen LogP) is 4.11. The van der Waals surface area contributed by atoms with Crippen molar-refractivity contribution in [3.63, 3.8) is 0 Å². The Bertz CT molecular complexity index is 1120. The summed E-state index contributed by atoms with van der Waals surface area (Å²) in [6.45, 7) is 3.50. The van der Waals surface area contributed by atoms with Crippen molar-refractivity contribution < 1.29 is 23.1 Å². The number of hydrogen-bond donors (Lipinski definition) is 1. The van der Waals surface area contributed by atoms with Gasteiger partial charge in [-0.2, -0.15) is 0 Å². The highest BCUT2D eigenvalue weighted by molar-refractivity contribution is 7.82. The molecule has 3 rings (SSSR count). The van der Waals surface area contributed by atoms with Crippen LogP contribution in [0.5, 0.6) is 0 Å². The number of halogens is 3. The average molecular weight is 551 g/mol. The molecular formula is C21H20Cl3N2O5S2-. The molecule has 1 aliphatic rings. The Morgan fingerprint density at radius 1 is 1.24 bits per heavy atom. The monoisotopic (exact) mass is 549 g/mol. The van der Waals surface area contributed by atoms with Crippen LogP contribution in [-0.4, -0.2) is 49.9 Å². The first-order valence-corrected chi connectivity index (χ1v) is 13.0. The Kier molecular flexibility index (Phi) is 8.58. The van der Waals surface area contributed by atoms with Gasteiger partial charge in [-0.3, -0.25) is 18.6 Å². The third-order valence-electron chi connectivity index (χ3n) is 5.24. The number of nitrogens with one attached hydrogen (secondary N) is 1. The number of hydrogen-bond acceptors (Lipinski definition) is 6. The Morgan fingerprint density at radius 2 is 1.94 bits per heavy atom. The van der Waals surface area contributed by atoms with Gasteiger partial charge in [-0.25, -0.2) is 0 Å². The third kappa shape index (κ3) is 6.15. The van der Waals surface area contributed by atoms with E-state index in [9.17, 15) is 23.1 Å². The van der Waals surface area contributed by atoms with Gasteiger partial charge in [-0.1, -0.05) is 54.7 Å². The lowest BCUT2D eigenvalue weighted by molar-refractivity contribution is -0.126. The second kappa shape index (κ2) is 10.8. The lowest BCUT2D eigenvalue weighted by Gasteiger charge is -2.25. The molecule has 1 N–H and O–H groups in total. The highest BCUT2D eigenvalue weighted by Gasteiger charge is 2.41. The van der Waals surface area contributed by atoms with Gasteiger partial charge >= 0.3 is 0 Å². The van der Waals surface area contributed by atoms with Gasteiger partial charge < -0.3 is 14.8 Å². The number of nitrogens with zero attached hydrogens (tertiary/aromatic N) is 1. The molecule has 2 amide bonds. The summed E-state index contributed by atoms with van der Waals surface area (Å²) in [5.74, 6) is -1.47. The standard InChI is InChI=1S/C21H21Cl3N2O5S2/c1-10(2)19(28)16-7-13(25-18(27)5-11-3-4-12(22)6-15(11)23)9-26(16)20(29)14-8-17(24)32-21(14)33(30)31/h3-4,6,8,10,13,16H,5,7,9H2,1-2H3,(H,25,27)(H,30,31)/p-1/t13-,16-/m1/s1. The smallest absolute Gasteiger partial charge is 0.256 e. The van der Waals surface area contributed by atoms with Crippen molar-refractivity contribution in [2.24, 2.45) is 5.92 Å². The molecule has 3 atom stereocenters. The van der Waals surface area contributed by atoms with Crippen molar-refractivity contribution in [1.29, 1.82) is 0 Å². The fraction of sp³-hybridized carbons (Fsp3) is 0.381. The van der Waals surface area contributed by atoms with E-state index >= 15 is 0 Å². The van der Waals surface area contributed by atoms with Crippen LogP contribution in [0.15, 0.2) is 28.5 Å². The van der Waals surface area contributed by atoms with Gasteiger partial charge in [-0.05, 0) is 41.3 Å². The first-order valence-electron chi connectivity index (χ1n) is 9.94. The van der Waals surface area contributed by atoms with Gasteiger partial charge in [-0.15, -0.1) is 11.3 Å². The van der Waals surface area contributed by atoms with Gasteiger partial charge in [0.15, 0.2) is 5.78 Å². The number of thiophene rings is 1. The molecule has 2 heterocycles. The van der Waals surface area contributed by atoms with E-state index in [0.717, 1.165) is 11.3 Å². The van der Waals surface area contributed by atoms with Crippen LogP contribution >= 0.6 is 46.1 Å². The Balaban J connectivity index is 1.79. The molecule has 0 saturated carbocycles. The van der Waals surface area contributed by atoms with Crippen LogP contribution < -0.4 is 5.32 Å². The van der Waals surface area contributed by atoms with Crippen molar-refractivity contribution in [3.8, 4) is 0 Å². The number of benzene rings is 1. The molecule has 1 aromatic carbocycles. The van der Waals surface area contributed by atoms with Crippen LogP contribution in [0, 0.1) is 5.92 Å². The van der Waals surface area contributed by atoms with Gasteiger partial charge in [0.25, 0.3) is 5.91 Å². The molecular weight excluding hydrogens is 531 g/mol. The van der Waals surface area contributed by atoms with E-state index in [2.05, 4.69) is 5.32 Å². The number of rotatable bonds is 7. The van der Waals surface area contributed by atoms with Gasteiger partial charge in [0.1, 0.15) is 0 Å². The summed E-state index contributed by atoms with van der Waals surface area (Å²) in [6.07, 6.45) is 0.221. The van der Waals surface area contributed by atoms with Gasteiger partial charge in [0.05, 0.1) is 26.6 Å². The number of carbonyl (C=O) groups is 3. The minimum absolute atomic E-state index is 0.00267. The van der Waals surface area contributed by atoms with E-state index in [1.807, 2.05) is 0 Å². The minimum atomic E-state index is -2.66. The summed E-state index contributed by atoms with van der Waals surface area (Å²) in [7, 11) is 0. The molecule has 2 aromatic rings. The van der Waals surface area contributed by atoms with E-state index in [0.29, 0.717) is 15.6 Å². The van der Waals surface area contributed by atoms with E-state index in [1.54, 1.807) is 32.0 Å². The number of ketones is 1. The molecule has 0 spiro atoms. The normalized spacial score (nSPS) is 19.1. The zero-order chi connectivity index (χ0) is 24.4. The lowest BCUT2D eigenvalue weighted by atomic mass is 9.98. The van der Waals surface area contributed by atoms with Crippen molar-refractivity contribution >= 4 is 74.8 Å². The Labute approximate surface area is 212 Å². The van der Waals surface area contributed by atoms with Crippen LogP contribution in [0.2, 0.25) is 14.4 Å². The summed E-state index contributed by atoms with van der Waals surface area (Å²) >= 11 is 16.1. The summed E-state index contributed by atoms with van der Waals surface area (Å²) in [5, 5.41) is 3.67. The molecule has 1 aliphatic heterocycles. The SMILES string of the molecule is CC(C)C(=O)[C@H]1C[C@@H](NC(=O)Cc2ccc(Cl)cc2Cl)CN1C(=O)c1cc(Cl)sc1S(=O)[O-]. The summed E-state index contributed by atoms with van der Waals surface area (Å²) in [5.41, 5.74) is 0.509. The summed E-state index contributed by atoms with van der Waals surface area (Å²) in [4.78, 5) is 40.0. The van der Waals surface area contributed by atoms with E-state index in [4.69, 9.17) is 34.8 Å². The Morgan fingerprint density at radius 3 is 2.55 bits per heavy atom. The van der Waals surface area contributed by atoms with Gasteiger partial charge in [0, 0.05) is 28.5 Å². The molecule has 0 radical (unpaired) electrons. The Hall–Kier alpha value is -1.49. The molecule has 12 heteroatoms. The van der Waals surface area contributed by atoms with E-state index in [-0.39, 0.29) is 51.1 Å². The average Bonchev–Trinajstić information content (AvgIpc) is 3.32. The minimum Gasteiger partial charge on any atom is -0.768 e. The van der Waals surface area contributed by atoms with Crippen molar-refractivity contribution in [2.45, 2.75) is 43.0 Å². The third-order valence-corrected chi connectivity index (χ3v) is 8.07. The maximum absolute atomic E-state index is 13.2. The molecule has 0 aliphatic carbocycles. The van der Waals surface area contributed by atoms with Crippen LogP contribution in [0.1, 0.15) is 36.2 Å². The van der Waals surface area contributed by atoms with Crippen molar-refractivity contribution in [2.75, 3.05) is 6.54 Å². The number of Topliss-reactive ketones (excluding diaryl/α,β-unsaturated/α-hetero) is 1. The fourth-order valence-corrected chi connectivity index (χ4v) is 6.14. The lowest BCUT2D eigenvalue weighted by Crippen LogP contribution is -2.43. The fourth-order valence-electron chi connectivity index (χ4n) is 3.71. The van der Waals surface area contributed by atoms with E-state index < -0.39 is 29.1 Å². The molecule has 1 aromatic heterocycles. The molecule has 33 heavy (non-hydrogen) atoms. The molecule has 1 unspecified atom stereocenters. The zero-order valence-corrected chi connectivity index (χ0v) is 21.5. The second-order valence-corrected chi connectivity index (χ2v) is 11.6. The van der Waals surface area contributed by atoms with Crippen LogP contribution in [-0.2, 0) is 27.1 Å². The first kappa shape index (κ1) is 26.1. The molecule has 178 valence electrons. The predicted molar refractivity (Wildman–Crippen MR) is 128 cm³/mol. The highest BCUT2D eigenvalue weighted by atomic mass is 35.5. The molecule has 1 saturated heterocycles. The van der Waals surface area contributed by atoms with Gasteiger partial charge in [0.2, 0.25) is 5.91 Å². The topological polar surface area (TPSA) is 107 Å². The number of amides is 2. The van der Waals surface area contributed by atoms with Crippen molar-refractivity contribution in [1.82, 2.24) is 10.2 Å². The zero-order valence-electron chi connectivity index (χ0n) is 17.6. The molecule has 1 fully saturated rings. The first-order chi connectivity index (χ1) is 15.5. The maximum Gasteiger partial charge on any atom is 0.256 e. The van der Waals surface area contributed by atoms with Crippen LogP contribution in [0.25, 0.3) is 0 Å². The number of likely N-dealkylation sites (tertiary alicyclic amines) is 1. The highest BCUT2D eigenvalue weighted by Crippen LogP contribution is 2.32. The second-order valence-electron chi connectivity index (χ2n) is 7.93. The van der Waals surface area contributed by atoms with Crippen molar-refractivity contribution in [3.05, 3.63) is 49.8 Å². The quantitative estimate of drug-likeness (QED) is 0.522. The number of carbonyl (C=O) groups excluding carboxylic acids is 3. The molecule has 0 bridgehead atoms.